The Morgan fingerprint density at radius 1 is 1.29 bits per heavy atom. The minimum Gasteiger partial charge on any atom is -0.444 e. The second-order valence-electron chi connectivity index (χ2n) is 6.55. The van der Waals surface area contributed by atoms with Gasteiger partial charge in [-0.1, -0.05) is 34.1 Å². The van der Waals surface area contributed by atoms with Gasteiger partial charge in [-0.3, -0.25) is 0 Å². The molecule has 0 fully saturated rings. The van der Waals surface area contributed by atoms with E-state index in [1.54, 1.807) is 7.05 Å². The Kier molecular flexibility index (Phi) is 7.54. The number of carbonyl (C=O) groups excluding carboxylic acids is 2. The molecule has 0 bridgehead atoms. The lowest BCUT2D eigenvalue weighted by molar-refractivity contribution is 0.0301. The average Bonchev–Trinajstić information content (AvgIpc) is 2.45. The third-order valence-corrected chi connectivity index (χ3v) is 3.88. The summed E-state index contributed by atoms with van der Waals surface area (Å²) in [6.45, 7) is 8.05. The van der Waals surface area contributed by atoms with Crippen LogP contribution in [0.1, 0.15) is 39.3 Å². The van der Waals surface area contributed by atoms with Crippen molar-refractivity contribution in [3.63, 3.8) is 0 Å². The molecule has 1 aromatic rings. The van der Waals surface area contributed by atoms with E-state index in [1.807, 2.05) is 52.0 Å². The van der Waals surface area contributed by atoms with Gasteiger partial charge in [0, 0.05) is 24.6 Å². The first kappa shape index (κ1) is 20.3. The van der Waals surface area contributed by atoms with Crippen molar-refractivity contribution in [2.24, 2.45) is 0 Å². The number of rotatable bonds is 5. The van der Waals surface area contributed by atoms with Crippen LogP contribution in [0.25, 0.3) is 0 Å². The Morgan fingerprint density at radius 2 is 1.92 bits per heavy atom. The third-order valence-electron chi connectivity index (χ3n) is 3.16. The van der Waals surface area contributed by atoms with Gasteiger partial charge in [0.1, 0.15) is 5.60 Å². The van der Waals surface area contributed by atoms with Gasteiger partial charge in [-0.25, -0.2) is 9.59 Å². The molecule has 24 heavy (non-hydrogen) atoms. The molecule has 0 saturated heterocycles. The Labute approximate surface area is 152 Å². The van der Waals surface area contributed by atoms with Crippen LogP contribution in [0.3, 0.4) is 0 Å². The predicted molar refractivity (Wildman–Crippen MR) is 98.0 cm³/mol. The maximum Gasteiger partial charge on any atom is 0.410 e. The van der Waals surface area contributed by atoms with Gasteiger partial charge in [0.05, 0.1) is 6.04 Å². The number of benzene rings is 1. The van der Waals surface area contributed by atoms with Crippen molar-refractivity contribution < 1.29 is 14.3 Å². The van der Waals surface area contributed by atoms with Crippen molar-refractivity contribution in [1.82, 2.24) is 15.5 Å². The van der Waals surface area contributed by atoms with Crippen molar-refractivity contribution >= 4 is 28.1 Å². The maximum atomic E-state index is 11.9. The first-order valence-corrected chi connectivity index (χ1v) is 8.62. The van der Waals surface area contributed by atoms with Gasteiger partial charge in [0.25, 0.3) is 0 Å². The second-order valence-corrected chi connectivity index (χ2v) is 7.40. The number of hydrogen-bond donors (Lipinski definition) is 2. The molecule has 1 unspecified atom stereocenters. The highest BCUT2D eigenvalue weighted by Crippen LogP contribution is 2.22. The van der Waals surface area contributed by atoms with Gasteiger partial charge in [-0.05, 0) is 39.3 Å². The molecule has 3 amide bonds. The fourth-order valence-corrected chi connectivity index (χ4v) is 2.55. The molecular weight excluding hydrogens is 374 g/mol. The minimum atomic E-state index is -0.533. The summed E-state index contributed by atoms with van der Waals surface area (Å²) in [6.07, 6.45) is -0.411. The molecule has 6 nitrogen and oxygen atoms in total. The summed E-state index contributed by atoms with van der Waals surface area (Å²) in [5.41, 5.74) is 0.466. The van der Waals surface area contributed by atoms with Gasteiger partial charge in [-0.15, -0.1) is 0 Å². The lowest BCUT2D eigenvalue weighted by Gasteiger charge is -2.24. The van der Waals surface area contributed by atoms with E-state index in [1.165, 1.54) is 4.90 Å². The van der Waals surface area contributed by atoms with E-state index >= 15 is 0 Å². The minimum absolute atomic E-state index is 0.135. The molecule has 1 aromatic carbocycles. The molecule has 0 saturated carbocycles. The summed E-state index contributed by atoms with van der Waals surface area (Å²) < 4.78 is 6.19. The monoisotopic (exact) mass is 399 g/mol. The molecule has 0 radical (unpaired) electrons. The summed E-state index contributed by atoms with van der Waals surface area (Å²) in [7, 11) is 1.64. The molecule has 0 spiro atoms. The van der Waals surface area contributed by atoms with Crippen molar-refractivity contribution in [3.8, 4) is 0 Å². The molecule has 0 aliphatic carbocycles. The quantitative estimate of drug-likeness (QED) is 0.792. The number of carbonyl (C=O) groups is 2. The predicted octanol–water partition coefficient (Wildman–Crippen LogP) is 3.68. The largest absolute Gasteiger partial charge is 0.444 e. The van der Waals surface area contributed by atoms with Crippen molar-refractivity contribution in [3.05, 3.63) is 34.3 Å². The number of ether oxygens (including phenoxy) is 1. The van der Waals surface area contributed by atoms with E-state index in [9.17, 15) is 9.59 Å². The molecule has 2 N–H and O–H groups in total. The van der Waals surface area contributed by atoms with Crippen LogP contribution >= 0.6 is 15.9 Å². The number of nitrogens with one attached hydrogen (secondary N) is 2. The van der Waals surface area contributed by atoms with E-state index in [0.717, 1.165) is 10.0 Å². The number of halogens is 1. The summed E-state index contributed by atoms with van der Waals surface area (Å²) >= 11 is 3.47. The molecule has 134 valence electrons. The third kappa shape index (κ3) is 7.21. The van der Waals surface area contributed by atoms with Crippen LogP contribution in [-0.2, 0) is 4.74 Å². The molecule has 0 aliphatic heterocycles. The van der Waals surface area contributed by atoms with Crippen molar-refractivity contribution in [2.75, 3.05) is 20.1 Å². The zero-order valence-corrected chi connectivity index (χ0v) is 16.4. The molecule has 0 aromatic heterocycles. The van der Waals surface area contributed by atoms with Gasteiger partial charge >= 0.3 is 12.1 Å². The average molecular weight is 400 g/mol. The SMILES string of the molecule is CC(NC(=O)NCCN(C)C(=O)OC(C)(C)C)c1ccccc1Br. The second kappa shape index (κ2) is 8.92. The summed E-state index contributed by atoms with van der Waals surface area (Å²) in [5, 5.41) is 5.60. The van der Waals surface area contributed by atoms with Crippen molar-refractivity contribution in [1.29, 1.82) is 0 Å². The normalized spacial score (nSPS) is 12.2. The number of nitrogens with zero attached hydrogens (tertiary/aromatic N) is 1. The summed E-state index contributed by atoms with van der Waals surface area (Å²) in [4.78, 5) is 25.2. The van der Waals surface area contributed by atoms with Crippen molar-refractivity contribution in [2.45, 2.75) is 39.3 Å². The molecule has 7 heteroatoms. The Balaban J connectivity index is 2.36. The van der Waals surface area contributed by atoms with Gasteiger partial charge < -0.3 is 20.3 Å². The summed E-state index contributed by atoms with van der Waals surface area (Å²) in [5.74, 6) is 0. The smallest absolute Gasteiger partial charge is 0.410 e. The van der Waals surface area contributed by atoms with Gasteiger partial charge in [-0.2, -0.15) is 0 Å². The maximum absolute atomic E-state index is 11.9. The van der Waals surface area contributed by atoms with Crippen LogP contribution in [0, 0.1) is 0 Å². The fourth-order valence-electron chi connectivity index (χ4n) is 1.92. The van der Waals surface area contributed by atoms with Crippen LogP contribution in [-0.4, -0.2) is 42.8 Å². The highest BCUT2D eigenvalue weighted by molar-refractivity contribution is 9.10. The Bertz CT molecular complexity index is 572. The lowest BCUT2D eigenvalue weighted by atomic mass is 10.1. The molecule has 0 aliphatic rings. The first-order chi connectivity index (χ1) is 11.1. The zero-order valence-electron chi connectivity index (χ0n) is 14.9. The molecule has 1 rings (SSSR count). The van der Waals surface area contributed by atoms with Crippen LogP contribution in [0.4, 0.5) is 9.59 Å². The molecular formula is C17H26BrN3O3. The highest BCUT2D eigenvalue weighted by Gasteiger charge is 2.19. The van der Waals surface area contributed by atoms with Gasteiger partial charge in [0.2, 0.25) is 0 Å². The molecule has 1 atom stereocenters. The number of hydrogen-bond acceptors (Lipinski definition) is 3. The van der Waals surface area contributed by atoms with Crippen LogP contribution < -0.4 is 10.6 Å². The number of amides is 3. The van der Waals surface area contributed by atoms with E-state index in [4.69, 9.17) is 4.74 Å². The number of likely N-dealkylation sites (N-methyl/N-ethyl adjacent to an activating group) is 1. The Morgan fingerprint density at radius 3 is 2.50 bits per heavy atom. The topological polar surface area (TPSA) is 70.7 Å². The van der Waals surface area contributed by atoms with Crippen LogP contribution in [0.5, 0.6) is 0 Å². The number of urea groups is 1. The van der Waals surface area contributed by atoms with Crippen LogP contribution in [0.15, 0.2) is 28.7 Å². The first-order valence-electron chi connectivity index (χ1n) is 7.83. The van der Waals surface area contributed by atoms with Crippen LogP contribution in [0.2, 0.25) is 0 Å². The van der Waals surface area contributed by atoms with E-state index in [2.05, 4.69) is 26.6 Å². The highest BCUT2D eigenvalue weighted by atomic mass is 79.9. The Hall–Kier alpha value is -1.76. The fraction of sp³-hybridized carbons (Fsp3) is 0.529. The van der Waals surface area contributed by atoms with Gasteiger partial charge in [0.15, 0.2) is 0 Å². The zero-order chi connectivity index (χ0) is 18.3. The van der Waals surface area contributed by atoms with E-state index < -0.39 is 11.7 Å². The van der Waals surface area contributed by atoms with E-state index in [-0.39, 0.29) is 12.1 Å². The summed E-state index contributed by atoms with van der Waals surface area (Å²) in [6, 6.07) is 7.31. The standard InChI is InChI=1S/C17H26BrN3O3/c1-12(13-8-6-7-9-14(13)18)20-15(22)19-10-11-21(5)16(23)24-17(2,3)4/h6-9,12H,10-11H2,1-5H3,(H2,19,20,22). The molecule has 0 heterocycles. The van der Waals surface area contributed by atoms with E-state index in [0.29, 0.717) is 13.1 Å². The lowest BCUT2D eigenvalue weighted by Crippen LogP contribution is -2.42.